The summed E-state index contributed by atoms with van der Waals surface area (Å²) in [6, 6.07) is 22.3. The van der Waals surface area contributed by atoms with E-state index in [0.717, 1.165) is 22.0 Å². The molecule has 0 fully saturated rings. The Morgan fingerprint density at radius 3 is 2.32 bits per heavy atom. The maximum Gasteiger partial charge on any atom is 0.337 e. The number of ether oxygens (including phenoxy) is 1. The Labute approximate surface area is 197 Å². The van der Waals surface area contributed by atoms with Gasteiger partial charge in [0, 0.05) is 17.1 Å². The lowest BCUT2D eigenvalue weighted by Crippen LogP contribution is -2.13. The summed E-state index contributed by atoms with van der Waals surface area (Å²) in [5, 5.41) is 7.71. The van der Waals surface area contributed by atoms with Crippen molar-refractivity contribution >= 4 is 34.9 Å². The van der Waals surface area contributed by atoms with Crippen LogP contribution in [0.1, 0.15) is 40.7 Å². The van der Waals surface area contributed by atoms with E-state index in [-0.39, 0.29) is 17.7 Å². The predicted octanol–water partition coefficient (Wildman–Crippen LogP) is 4.42. The highest BCUT2D eigenvalue weighted by atomic mass is 16.5. The first-order valence-electron chi connectivity index (χ1n) is 10.6. The Morgan fingerprint density at radius 1 is 1.00 bits per heavy atom. The highest BCUT2D eigenvalue weighted by Crippen LogP contribution is 2.29. The quantitative estimate of drug-likeness (QED) is 0.328. The van der Waals surface area contributed by atoms with Crippen molar-refractivity contribution in [1.29, 1.82) is 0 Å². The van der Waals surface area contributed by atoms with Crippen molar-refractivity contribution in [3.05, 3.63) is 84.1 Å². The standard InChI is InChI=1S/C18H18N4O2.C8H8O2/c1-11(2)22-16-7-6-13(9-15(16)17(21-22)18(19)24)12-4-3-5-14(8-12)20-10-23;1-10-8(9)7-5-3-2-4-6-7/h3-11H,1-2H3,(H2,19,24)(H,20,23);2-6H,1H3. The SMILES string of the molecule is CC(C)n1nc(C(N)=O)c2cc(-c3cccc(NC=O)c3)ccc21.COC(=O)c1ccccc1. The van der Waals surface area contributed by atoms with Crippen LogP contribution in [-0.2, 0) is 9.53 Å². The van der Waals surface area contributed by atoms with E-state index in [1.165, 1.54) is 7.11 Å². The van der Waals surface area contributed by atoms with Crippen molar-refractivity contribution in [2.24, 2.45) is 5.73 Å². The first-order valence-corrected chi connectivity index (χ1v) is 10.6. The van der Waals surface area contributed by atoms with Crippen molar-refractivity contribution in [1.82, 2.24) is 9.78 Å². The summed E-state index contributed by atoms with van der Waals surface area (Å²) in [5.41, 5.74) is 9.75. The lowest BCUT2D eigenvalue weighted by atomic mass is 10.0. The lowest BCUT2D eigenvalue weighted by molar-refractivity contribution is -0.105. The minimum absolute atomic E-state index is 0.117. The van der Waals surface area contributed by atoms with Crippen LogP contribution in [-0.4, -0.2) is 35.2 Å². The topological polar surface area (TPSA) is 116 Å². The highest BCUT2D eigenvalue weighted by molar-refractivity contribution is 6.05. The summed E-state index contributed by atoms with van der Waals surface area (Å²) in [6.45, 7) is 4.00. The minimum atomic E-state index is -0.548. The van der Waals surface area contributed by atoms with E-state index in [1.807, 2.05) is 62.4 Å². The van der Waals surface area contributed by atoms with Crippen LogP contribution in [0.25, 0.3) is 22.0 Å². The number of aromatic nitrogens is 2. The van der Waals surface area contributed by atoms with E-state index in [1.54, 1.807) is 28.9 Å². The number of anilines is 1. The smallest absolute Gasteiger partial charge is 0.337 e. The average Bonchev–Trinajstić information content (AvgIpc) is 3.24. The molecule has 0 aliphatic carbocycles. The Balaban J connectivity index is 0.000000271. The number of hydrogen-bond acceptors (Lipinski definition) is 5. The number of amides is 2. The van der Waals surface area contributed by atoms with Gasteiger partial charge in [0.2, 0.25) is 6.41 Å². The number of carbonyl (C=O) groups excluding carboxylic acids is 3. The minimum Gasteiger partial charge on any atom is -0.465 e. The average molecular weight is 459 g/mol. The molecule has 0 bridgehead atoms. The third kappa shape index (κ3) is 5.47. The fraction of sp³-hybridized carbons (Fsp3) is 0.154. The summed E-state index contributed by atoms with van der Waals surface area (Å²) in [4.78, 5) is 33.1. The first-order chi connectivity index (χ1) is 16.3. The third-order valence-electron chi connectivity index (χ3n) is 5.05. The number of nitrogens with one attached hydrogen (secondary N) is 1. The fourth-order valence-electron chi connectivity index (χ4n) is 3.44. The number of nitrogens with zero attached hydrogens (tertiary/aromatic N) is 2. The Kier molecular flexibility index (Phi) is 7.76. The number of esters is 1. The van der Waals surface area contributed by atoms with Crippen molar-refractivity contribution in [3.8, 4) is 11.1 Å². The van der Waals surface area contributed by atoms with Crippen LogP contribution < -0.4 is 11.1 Å². The Bertz CT molecular complexity index is 1310. The second kappa shape index (κ2) is 10.9. The van der Waals surface area contributed by atoms with Crippen LogP contribution in [0.15, 0.2) is 72.8 Å². The second-order valence-electron chi connectivity index (χ2n) is 7.68. The van der Waals surface area contributed by atoms with E-state index in [0.29, 0.717) is 17.7 Å². The monoisotopic (exact) mass is 458 g/mol. The summed E-state index contributed by atoms with van der Waals surface area (Å²) in [6.07, 6.45) is 0.639. The molecule has 0 atom stereocenters. The van der Waals surface area contributed by atoms with Gasteiger partial charge in [-0.3, -0.25) is 14.3 Å². The van der Waals surface area contributed by atoms with Crippen molar-refractivity contribution in [2.45, 2.75) is 19.9 Å². The number of rotatable bonds is 6. The van der Waals surface area contributed by atoms with Gasteiger partial charge in [0.1, 0.15) is 0 Å². The van der Waals surface area contributed by atoms with Gasteiger partial charge in [-0.05, 0) is 61.4 Å². The van der Waals surface area contributed by atoms with Gasteiger partial charge in [0.25, 0.3) is 5.91 Å². The third-order valence-corrected chi connectivity index (χ3v) is 5.05. The molecular formula is C26H26N4O4. The van der Waals surface area contributed by atoms with Crippen LogP contribution in [0.2, 0.25) is 0 Å². The van der Waals surface area contributed by atoms with Gasteiger partial charge < -0.3 is 15.8 Å². The van der Waals surface area contributed by atoms with Crippen LogP contribution in [0, 0.1) is 0 Å². The number of primary amides is 1. The molecule has 2 amide bonds. The molecule has 0 aliphatic rings. The van der Waals surface area contributed by atoms with Gasteiger partial charge in [-0.1, -0.05) is 36.4 Å². The summed E-state index contributed by atoms with van der Waals surface area (Å²) in [7, 11) is 1.37. The maximum absolute atomic E-state index is 11.7. The number of hydrogen-bond donors (Lipinski definition) is 2. The molecule has 174 valence electrons. The van der Waals surface area contributed by atoms with Crippen molar-refractivity contribution < 1.29 is 19.1 Å². The number of fused-ring (bicyclic) bond motifs is 1. The number of carbonyl (C=O) groups is 3. The molecule has 8 nitrogen and oxygen atoms in total. The van der Waals surface area contributed by atoms with Crippen molar-refractivity contribution in [3.63, 3.8) is 0 Å². The van der Waals surface area contributed by atoms with Gasteiger partial charge in [-0.15, -0.1) is 0 Å². The molecule has 1 heterocycles. The van der Waals surface area contributed by atoms with E-state index in [2.05, 4.69) is 15.2 Å². The normalized spacial score (nSPS) is 10.4. The predicted molar refractivity (Wildman–Crippen MR) is 132 cm³/mol. The van der Waals surface area contributed by atoms with Crippen LogP contribution >= 0.6 is 0 Å². The highest BCUT2D eigenvalue weighted by Gasteiger charge is 2.17. The second-order valence-corrected chi connectivity index (χ2v) is 7.68. The summed E-state index contributed by atoms with van der Waals surface area (Å²) >= 11 is 0. The first kappa shape index (κ1) is 24.2. The summed E-state index contributed by atoms with van der Waals surface area (Å²) in [5.74, 6) is -0.839. The van der Waals surface area contributed by atoms with E-state index in [9.17, 15) is 14.4 Å². The molecule has 0 unspecified atom stereocenters. The fourth-order valence-corrected chi connectivity index (χ4v) is 3.44. The van der Waals surface area contributed by atoms with Gasteiger partial charge in [-0.2, -0.15) is 5.10 Å². The molecule has 4 aromatic rings. The summed E-state index contributed by atoms with van der Waals surface area (Å²) < 4.78 is 6.29. The van der Waals surface area contributed by atoms with E-state index < -0.39 is 5.91 Å². The molecule has 34 heavy (non-hydrogen) atoms. The molecule has 4 rings (SSSR count). The number of methoxy groups -OCH3 is 1. The van der Waals surface area contributed by atoms with Crippen LogP contribution in [0.5, 0.6) is 0 Å². The van der Waals surface area contributed by atoms with Crippen molar-refractivity contribution in [2.75, 3.05) is 12.4 Å². The molecule has 0 aliphatic heterocycles. The Morgan fingerprint density at radius 2 is 1.71 bits per heavy atom. The molecule has 3 aromatic carbocycles. The van der Waals surface area contributed by atoms with Gasteiger partial charge in [0.05, 0.1) is 18.2 Å². The zero-order chi connectivity index (χ0) is 24.7. The van der Waals surface area contributed by atoms with Gasteiger partial charge in [-0.25, -0.2) is 4.79 Å². The number of benzene rings is 3. The molecule has 0 radical (unpaired) electrons. The van der Waals surface area contributed by atoms with Gasteiger partial charge in [0.15, 0.2) is 5.69 Å². The lowest BCUT2D eigenvalue weighted by Gasteiger charge is -2.08. The number of nitrogens with two attached hydrogens (primary N) is 1. The van der Waals surface area contributed by atoms with Gasteiger partial charge >= 0.3 is 5.97 Å². The molecule has 3 N–H and O–H groups in total. The zero-order valence-electron chi connectivity index (χ0n) is 19.2. The molecule has 8 heteroatoms. The molecular weight excluding hydrogens is 432 g/mol. The largest absolute Gasteiger partial charge is 0.465 e. The molecule has 0 spiro atoms. The zero-order valence-corrected chi connectivity index (χ0v) is 19.2. The van der Waals surface area contributed by atoms with Crippen LogP contribution in [0.3, 0.4) is 0 Å². The molecule has 1 aromatic heterocycles. The van der Waals surface area contributed by atoms with Crippen LogP contribution in [0.4, 0.5) is 5.69 Å². The van der Waals surface area contributed by atoms with E-state index >= 15 is 0 Å². The Hall–Kier alpha value is -4.46. The molecule has 0 saturated carbocycles. The molecule has 0 saturated heterocycles. The van der Waals surface area contributed by atoms with E-state index in [4.69, 9.17) is 5.73 Å². The maximum atomic E-state index is 11.7.